The fourth-order valence-corrected chi connectivity index (χ4v) is 3.08. The number of rotatable bonds is 3. The Kier molecular flexibility index (Phi) is 4.29. The zero-order chi connectivity index (χ0) is 15.5. The van der Waals surface area contributed by atoms with Gasteiger partial charge in [0.25, 0.3) is 0 Å². The number of amides is 1. The zero-order valence-electron chi connectivity index (χ0n) is 11.7. The summed E-state index contributed by atoms with van der Waals surface area (Å²) in [6.07, 6.45) is 6.59. The Balaban J connectivity index is 1.72. The molecule has 3 nitrogen and oxygen atoms in total. The van der Waals surface area contributed by atoms with Gasteiger partial charge in [-0.15, -0.1) is 11.3 Å². The van der Waals surface area contributed by atoms with Crippen molar-refractivity contribution in [1.29, 1.82) is 0 Å². The number of benzene rings is 1. The van der Waals surface area contributed by atoms with E-state index in [1.54, 1.807) is 5.38 Å². The highest BCUT2D eigenvalue weighted by atomic mass is 32.1. The van der Waals surface area contributed by atoms with E-state index in [2.05, 4.69) is 16.4 Å². The van der Waals surface area contributed by atoms with Crippen LogP contribution in [0.1, 0.15) is 19.3 Å². The van der Waals surface area contributed by atoms with Crippen LogP contribution in [0.3, 0.4) is 0 Å². The predicted octanol–water partition coefficient (Wildman–Crippen LogP) is 4.38. The van der Waals surface area contributed by atoms with Crippen molar-refractivity contribution < 1.29 is 13.6 Å². The quantitative estimate of drug-likeness (QED) is 0.853. The summed E-state index contributed by atoms with van der Waals surface area (Å²) < 4.78 is 26.2. The molecule has 114 valence electrons. The molecule has 22 heavy (non-hydrogen) atoms. The molecule has 3 rings (SSSR count). The maximum absolute atomic E-state index is 13.2. The van der Waals surface area contributed by atoms with E-state index in [9.17, 15) is 13.6 Å². The molecular weight excluding hydrogens is 306 g/mol. The van der Waals surface area contributed by atoms with Gasteiger partial charge in [0, 0.05) is 16.9 Å². The van der Waals surface area contributed by atoms with Crippen molar-refractivity contribution in [2.45, 2.75) is 19.3 Å². The standard InChI is InChI=1S/C16H14F2N2OS/c17-12-7-6-11(8-13(12)18)14-9-22-16(19-14)20-15(21)10-4-2-1-3-5-10/h1-2,6-10H,3-5H2,(H,19,20,21)/t10-/m0/s1. The second-order valence-corrected chi connectivity index (χ2v) is 6.00. The van der Waals surface area contributed by atoms with Gasteiger partial charge in [-0.1, -0.05) is 12.2 Å². The molecule has 0 saturated carbocycles. The van der Waals surface area contributed by atoms with Gasteiger partial charge in [0.2, 0.25) is 5.91 Å². The Labute approximate surface area is 130 Å². The molecule has 0 radical (unpaired) electrons. The molecule has 0 fully saturated rings. The summed E-state index contributed by atoms with van der Waals surface area (Å²) in [7, 11) is 0. The third kappa shape index (κ3) is 3.22. The first-order chi connectivity index (χ1) is 10.6. The maximum Gasteiger partial charge on any atom is 0.229 e. The van der Waals surface area contributed by atoms with Gasteiger partial charge in [0.15, 0.2) is 16.8 Å². The lowest BCUT2D eigenvalue weighted by molar-refractivity contribution is -0.120. The van der Waals surface area contributed by atoms with Crippen LogP contribution in [0.2, 0.25) is 0 Å². The molecule has 1 aromatic heterocycles. The van der Waals surface area contributed by atoms with Crippen LogP contribution in [-0.2, 0) is 4.79 Å². The highest BCUT2D eigenvalue weighted by Crippen LogP contribution is 2.27. The van der Waals surface area contributed by atoms with E-state index >= 15 is 0 Å². The lowest BCUT2D eigenvalue weighted by Crippen LogP contribution is -2.23. The Bertz CT molecular complexity index is 727. The van der Waals surface area contributed by atoms with Crippen molar-refractivity contribution in [1.82, 2.24) is 4.98 Å². The summed E-state index contributed by atoms with van der Waals surface area (Å²) in [5.41, 5.74) is 0.999. The summed E-state index contributed by atoms with van der Waals surface area (Å²) in [6.45, 7) is 0. The van der Waals surface area contributed by atoms with Crippen LogP contribution in [0.25, 0.3) is 11.3 Å². The average molecular weight is 320 g/mol. The van der Waals surface area contributed by atoms with E-state index < -0.39 is 11.6 Å². The van der Waals surface area contributed by atoms with Gasteiger partial charge in [-0.2, -0.15) is 0 Å². The largest absolute Gasteiger partial charge is 0.302 e. The molecule has 1 aromatic carbocycles. The summed E-state index contributed by atoms with van der Waals surface area (Å²) in [5.74, 6) is -1.88. The Morgan fingerprint density at radius 3 is 2.86 bits per heavy atom. The molecule has 0 spiro atoms. The summed E-state index contributed by atoms with van der Waals surface area (Å²) >= 11 is 1.27. The number of thiazole rings is 1. The number of aromatic nitrogens is 1. The molecule has 6 heteroatoms. The summed E-state index contributed by atoms with van der Waals surface area (Å²) in [6, 6.07) is 3.63. The zero-order valence-corrected chi connectivity index (χ0v) is 12.5. The first-order valence-corrected chi connectivity index (χ1v) is 7.88. The Morgan fingerprint density at radius 2 is 2.14 bits per heavy atom. The monoisotopic (exact) mass is 320 g/mol. The van der Waals surface area contributed by atoms with E-state index in [0.29, 0.717) is 16.4 Å². The van der Waals surface area contributed by atoms with Crippen LogP contribution >= 0.6 is 11.3 Å². The highest BCUT2D eigenvalue weighted by Gasteiger charge is 2.19. The van der Waals surface area contributed by atoms with E-state index in [1.165, 1.54) is 17.4 Å². The van der Waals surface area contributed by atoms with Gasteiger partial charge in [-0.25, -0.2) is 13.8 Å². The van der Waals surface area contributed by atoms with Gasteiger partial charge in [-0.3, -0.25) is 4.79 Å². The summed E-state index contributed by atoms with van der Waals surface area (Å²) in [5, 5.41) is 4.98. The number of nitrogens with zero attached hydrogens (tertiary/aromatic N) is 1. The van der Waals surface area contributed by atoms with Crippen molar-refractivity contribution in [3.63, 3.8) is 0 Å². The second-order valence-electron chi connectivity index (χ2n) is 5.14. The fraction of sp³-hybridized carbons (Fsp3) is 0.250. The molecule has 0 saturated heterocycles. The number of hydrogen-bond acceptors (Lipinski definition) is 3. The fourth-order valence-electron chi connectivity index (χ4n) is 2.36. The number of anilines is 1. The van der Waals surface area contributed by atoms with Crippen molar-refractivity contribution in [3.05, 3.63) is 47.4 Å². The van der Waals surface area contributed by atoms with Gasteiger partial charge < -0.3 is 5.32 Å². The Morgan fingerprint density at radius 1 is 1.27 bits per heavy atom. The number of carbonyl (C=O) groups is 1. The third-order valence-corrected chi connectivity index (χ3v) is 4.35. The normalized spacial score (nSPS) is 17.5. The molecule has 0 unspecified atom stereocenters. The minimum absolute atomic E-state index is 0.0272. The molecule has 2 aromatic rings. The topological polar surface area (TPSA) is 42.0 Å². The number of hydrogen-bond donors (Lipinski definition) is 1. The van der Waals surface area contributed by atoms with Crippen molar-refractivity contribution in [3.8, 4) is 11.3 Å². The molecular formula is C16H14F2N2OS. The molecule has 1 aliphatic carbocycles. The van der Waals surface area contributed by atoms with E-state index in [0.717, 1.165) is 31.4 Å². The minimum atomic E-state index is -0.912. The molecule has 0 aliphatic heterocycles. The molecule has 1 aliphatic rings. The molecule has 1 N–H and O–H groups in total. The van der Waals surface area contributed by atoms with Crippen LogP contribution in [0, 0.1) is 17.6 Å². The number of halogens is 2. The van der Waals surface area contributed by atoms with Crippen LogP contribution in [-0.4, -0.2) is 10.9 Å². The number of nitrogens with one attached hydrogen (secondary N) is 1. The van der Waals surface area contributed by atoms with Crippen LogP contribution in [0.5, 0.6) is 0 Å². The summed E-state index contributed by atoms with van der Waals surface area (Å²) in [4.78, 5) is 16.4. The Hall–Kier alpha value is -2.08. The van der Waals surface area contributed by atoms with Gasteiger partial charge >= 0.3 is 0 Å². The minimum Gasteiger partial charge on any atom is -0.302 e. The second kappa shape index (κ2) is 6.36. The number of carbonyl (C=O) groups excluding carboxylic acids is 1. The average Bonchev–Trinajstić information content (AvgIpc) is 2.99. The van der Waals surface area contributed by atoms with Crippen molar-refractivity contribution >= 4 is 22.4 Å². The van der Waals surface area contributed by atoms with Crippen LogP contribution in [0.4, 0.5) is 13.9 Å². The lowest BCUT2D eigenvalue weighted by Gasteiger charge is -2.15. The molecule has 1 atom stereocenters. The first-order valence-electron chi connectivity index (χ1n) is 7.00. The van der Waals surface area contributed by atoms with Gasteiger partial charge in [0.05, 0.1) is 5.69 Å². The van der Waals surface area contributed by atoms with Gasteiger partial charge in [0.1, 0.15) is 0 Å². The SMILES string of the molecule is O=C(Nc1nc(-c2ccc(F)c(F)c2)cs1)[C@H]1CC=CCC1. The van der Waals surface area contributed by atoms with Crippen molar-refractivity contribution in [2.24, 2.45) is 5.92 Å². The third-order valence-electron chi connectivity index (χ3n) is 3.59. The first kappa shape index (κ1) is 14.8. The van der Waals surface area contributed by atoms with Gasteiger partial charge in [-0.05, 0) is 37.5 Å². The maximum atomic E-state index is 13.2. The molecule has 1 heterocycles. The van der Waals surface area contributed by atoms with Crippen LogP contribution in [0.15, 0.2) is 35.7 Å². The number of allylic oxidation sites excluding steroid dienone is 2. The lowest BCUT2D eigenvalue weighted by atomic mass is 9.94. The highest BCUT2D eigenvalue weighted by molar-refractivity contribution is 7.14. The van der Waals surface area contributed by atoms with E-state index in [1.807, 2.05) is 6.08 Å². The van der Waals surface area contributed by atoms with E-state index in [4.69, 9.17) is 0 Å². The molecule has 1 amide bonds. The van der Waals surface area contributed by atoms with E-state index in [-0.39, 0.29) is 11.8 Å². The van der Waals surface area contributed by atoms with Crippen LogP contribution < -0.4 is 5.32 Å². The molecule has 0 bridgehead atoms. The smallest absolute Gasteiger partial charge is 0.229 e. The van der Waals surface area contributed by atoms with Crippen molar-refractivity contribution in [2.75, 3.05) is 5.32 Å². The predicted molar refractivity (Wildman–Crippen MR) is 82.6 cm³/mol.